The van der Waals surface area contributed by atoms with Gasteiger partial charge >= 0.3 is 29.6 Å². The Balaban J connectivity index is 0.00000144. The number of phenols is 1. The van der Waals surface area contributed by atoms with Gasteiger partial charge in [-0.2, -0.15) is 0 Å². The molecule has 0 aromatic heterocycles. The molecule has 0 unspecified atom stereocenters. The predicted molar refractivity (Wildman–Crippen MR) is 55.7 cm³/mol. The molecule has 0 heterocycles. The van der Waals surface area contributed by atoms with Crippen molar-refractivity contribution in [2.45, 2.75) is 6.42 Å². The molecular weight excluding hydrogens is 175 g/mol. The Morgan fingerprint density at radius 1 is 1.54 bits per heavy atom. The maximum atomic E-state index is 9.25. The predicted octanol–water partition coefficient (Wildman–Crippen LogP) is 1.48. The summed E-state index contributed by atoms with van der Waals surface area (Å²) in [5.74, 6) is 0.680. The minimum absolute atomic E-state index is 0. The Morgan fingerprint density at radius 2 is 2.23 bits per heavy atom. The Labute approximate surface area is 101 Å². The van der Waals surface area contributed by atoms with Gasteiger partial charge in [0, 0.05) is 0 Å². The number of benzene rings is 1. The number of allylic oxidation sites excluding steroid dienone is 1. The van der Waals surface area contributed by atoms with Crippen LogP contribution < -0.4 is 4.74 Å². The van der Waals surface area contributed by atoms with Gasteiger partial charge in [0.05, 0.1) is 7.11 Å². The quantitative estimate of drug-likeness (QED) is 0.575. The number of rotatable bonds is 3. The first-order chi connectivity index (χ1) is 5.77. The fourth-order valence-electron chi connectivity index (χ4n) is 1.02. The van der Waals surface area contributed by atoms with Crippen LogP contribution in [0.3, 0.4) is 0 Å². The van der Waals surface area contributed by atoms with E-state index in [0.29, 0.717) is 5.75 Å². The second kappa shape index (κ2) is 6.08. The van der Waals surface area contributed by atoms with Gasteiger partial charge in [-0.05, 0) is 24.1 Å². The van der Waals surface area contributed by atoms with E-state index >= 15 is 0 Å². The first kappa shape index (κ1) is 12.6. The van der Waals surface area contributed by atoms with E-state index < -0.39 is 0 Å². The van der Waals surface area contributed by atoms with Crippen molar-refractivity contribution in [2.75, 3.05) is 7.11 Å². The van der Waals surface area contributed by atoms with E-state index in [9.17, 15) is 5.11 Å². The van der Waals surface area contributed by atoms with Crippen molar-refractivity contribution in [3.8, 4) is 11.5 Å². The molecule has 1 rings (SSSR count). The summed E-state index contributed by atoms with van der Waals surface area (Å²) in [5.41, 5.74) is 1.08. The second-order valence-corrected chi connectivity index (χ2v) is 2.50. The van der Waals surface area contributed by atoms with Crippen molar-refractivity contribution in [3.63, 3.8) is 0 Å². The number of phenolic OH excluding ortho intramolecular Hbond substituents is 1. The zero-order valence-electron chi connectivity index (χ0n) is 7.08. The van der Waals surface area contributed by atoms with Crippen LogP contribution in [0.2, 0.25) is 0 Å². The molecule has 0 fully saturated rings. The van der Waals surface area contributed by atoms with Crippen LogP contribution in [0.25, 0.3) is 0 Å². The number of hydrogen-bond donors (Lipinski definition) is 1. The van der Waals surface area contributed by atoms with E-state index in [1.807, 2.05) is 12.1 Å². The molecule has 66 valence electrons. The van der Waals surface area contributed by atoms with Crippen LogP contribution in [0, 0.1) is 0 Å². The molecule has 0 spiro atoms. The number of aromatic hydroxyl groups is 1. The summed E-state index contributed by atoms with van der Waals surface area (Å²) in [4.78, 5) is 0. The zero-order valence-corrected chi connectivity index (χ0v) is 7.08. The molecule has 1 aromatic rings. The van der Waals surface area contributed by atoms with Gasteiger partial charge in [-0.25, -0.2) is 0 Å². The average molecular weight is 188 g/mol. The molecule has 1 aromatic carbocycles. The summed E-state index contributed by atoms with van der Waals surface area (Å²) in [6.07, 6.45) is 2.60. The molecular formula is C10H13NaO2. The second-order valence-electron chi connectivity index (χ2n) is 2.50. The molecule has 0 aliphatic rings. The summed E-state index contributed by atoms with van der Waals surface area (Å²) >= 11 is 0. The Morgan fingerprint density at radius 3 is 2.77 bits per heavy atom. The first-order valence-corrected chi connectivity index (χ1v) is 3.74. The monoisotopic (exact) mass is 188 g/mol. The molecule has 0 amide bonds. The summed E-state index contributed by atoms with van der Waals surface area (Å²) in [6.45, 7) is 3.63. The van der Waals surface area contributed by atoms with Crippen molar-refractivity contribution in [2.24, 2.45) is 0 Å². The van der Waals surface area contributed by atoms with E-state index in [1.165, 1.54) is 7.11 Å². The van der Waals surface area contributed by atoms with Gasteiger partial charge in [0.1, 0.15) is 0 Å². The molecule has 0 aliphatic carbocycles. The van der Waals surface area contributed by atoms with Crippen molar-refractivity contribution in [1.82, 2.24) is 0 Å². The number of methoxy groups -OCH3 is 1. The summed E-state index contributed by atoms with van der Waals surface area (Å²) in [5, 5.41) is 9.25. The van der Waals surface area contributed by atoms with Gasteiger partial charge in [-0.15, -0.1) is 6.58 Å². The fraction of sp³-hybridized carbons (Fsp3) is 0.200. The molecule has 2 nitrogen and oxygen atoms in total. The van der Waals surface area contributed by atoms with Gasteiger partial charge in [-0.3, -0.25) is 0 Å². The van der Waals surface area contributed by atoms with Gasteiger partial charge < -0.3 is 9.84 Å². The number of ether oxygens (including phenoxy) is 1. The molecule has 0 atom stereocenters. The van der Waals surface area contributed by atoms with Crippen LogP contribution in [0.4, 0.5) is 0 Å². The van der Waals surface area contributed by atoms with Crippen molar-refractivity contribution in [1.29, 1.82) is 0 Å². The molecule has 3 heteroatoms. The van der Waals surface area contributed by atoms with E-state index in [1.54, 1.807) is 12.1 Å². The van der Waals surface area contributed by atoms with Gasteiger partial charge in [0.2, 0.25) is 0 Å². The van der Waals surface area contributed by atoms with Crippen LogP contribution in [0.5, 0.6) is 11.5 Å². The Hall–Kier alpha value is -0.440. The van der Waals surface area contributed by atoms with Crippen LogP contribution >= 0.6 is 0 Å². The topological polar surface area (TPSA) is 29.5 Å². The maximum absolute atomic E-state index is 9.25. The molecule has 0 aliphatic heterocycles. The average Bonchev–Trinajstić information content (AvgIpc) is 2.09. The zero-order chi connectivity index (χ0) is 8.97. The standard InChI is InChI=1S/C10H12O2.Na.H/c1-3-4-8-5-6-9(11)10(7-8)12-2;;/h3,5-7,11H,1,4H2,2H3;;. The van der Waals surface area contributed by atoms with E-state index in [4.69, 9.17) is 4.74 Å². The normalized spacial score (nSPS) is 8.69. The fourth-order valence-corrected chi connectivity index (χ4v) is 1.02. The molecule has 0 saturated heterocycles. The van der Waals surface area contributed by atoms with E-state index in [0.717, 1.165) is 12.0 Å². The van der Waals surface area contributed by atoms with Crippen LogP contribution in [0.15, 0.2) is 30.9 Å². The van der Waals surface area contributed by atoms with Gasteiger partial charge in [0.25, 0.3) is 0 Å². The van der Waals surface area contributed by atoms with Gasteiger partial charge in [0.15, 0.2) is 11.5 Å². The summed E-state index contributed by atoms with van der Waals surface area (Å²) in [6, 6.07) is 5.27. The number of hydrogen-bond acceptors (Lipinski definition) is 2. The molecule has 0 bridgehead atoms. The third-order valence-corrected chi connectivity index (χ3v) is 1.62. The van der Waals surface area contributed by atoms with Crippen LogP contribution in [-0.2, 0) is 6.42 Å². The molecule has 0 saturated carbocycles. The molecule has 0 radical (unpaired) electrons. The third-order valence-electron chi connectivity index (χ3n) is 1.62. The third kappa shape index (κ3) is 3.43. The Kier molecular flexibility index (Phi) is 5.88. The van der Waals surface area contributed by atoms with Crippen molar-refractivity contribution in [3.05, 3.63) is 36.4 Å². The van der Waals surface area contributed by atoms with E-state index in [-0.39, 0.29) is 35.3 Å². The Bertz CT molecular complexity index is 284. The molecule has 13 heavy (non-hydrogen) atoms. The minimum atomic E-state index is 0. The van der Waals surface area contributed by atoms with Crippen LogP contribution in [-0.4, -0.2) is 41.8 Å². The summed E-state index contributed by atoms with van der Waals surface area (Å²) < 4.78 is 4.95. The SMILES string of the molecule is C=CCc1ccc(O)c(OC)c1.[NaH]. The van der Waals surface area contributed by atoms with Crippen LogP contribution in [0.1, 0.15) is 5.56 Å². The molecule has 1 N–H and O–H groups in total. The van der Waals surface area contributed by atoms with E-state index in [2.05, 4.69) is 6.58 Å². The van der Waals surface area contributed by atoms with Crippen molar-refractivity contribution < 1.29 is 9.84 Å². The summed E-state index contributed by atoms with van der Waals surface area (Å²) in [7, 11) is 1.53. The first-order valence-electron chi connectivity index (χ1n) is 3.74. The van der Waals surface area contributed by atoms with Crippen molar-refractivity contribution >= 4 is 29.6 Å². The van der Waals surface area contributed by atoms with Gasteiger partial charge in [-0.1, -0.05) is 12.1 Å².